The third kappa shape index (κ3) is 2.86. The number of rotatable bonds is 4. The fourth-order valence-electron chi connectivity index (χ4n) is 3.45. The molecule has 134 valence electrons. The van der Waals surface area contributed by atoms with Crippen LogP contribution in [-0.4, -0.2) is 34.9 Å². The van der Waals surface area contributed by atoms with Gasteiger partial charge < -0.3 is 19.7 Å². The van der Waals surface area contributed by atoms with Crippen LogP contribution in [0.15, 0.2) is 24.8 Å². The van der Waals surface area contributed by atoms with E-state index in [0.29, 0.717) is 33.0 Å². The van der Waals surface area contributed by atoms with Crippen LogP contribution in [0.3, 0.4) is 0 Å². The molecule has 0 spiro atoms. The SMILES string of the molecule is C=CCN1C(=S)N[C@H]2c3cc(Cl)cc(Cl)c3O[C@@]1(C)[C@@H]2C(=O)OCC. The van der Waals surface area contributed by atoms with Crippen molar-refractivity contribution in [3.63, 3.8) is 0 Å². The van der Waals surface area contributed by atoms with Gasteiger partial charge in [-0.15, -0.1) is 6.58 Å². The number of ether oxygens (including phenoxy) is 2. The zero-order chi connectivity index (χ0) is 18.4. The summed E-state index contributed by atoms with van der Waals surface area (Å²) in [5.74, 6) is -0.537. The lowest BCUT2D eigenvalue weighted by atomic mass is 9.79. The van der Waals surface area contributed by atoms with Crippen LogP contribution in [0.1, 0.15) is 25.5 Å². The summed E-state index contributed by atoms with van der Waals surface area (Å²) in [6, 6.07) is 2.90. The molecule has 0 saturated carbocycles. The monoisotopic (exact) mass is 400 g/mol. The van der Waals surface area contributed by atoms with Crippen molar-refractivity contribution in [2.24, 2.45) is 5.92 Å². The molecule has 0 aromatic heterocycles. The second-order valence-corrected chi connectivity index (χ2v) is 7.25. The van der Waals surface area contributed by atoms with E-state index in [1.54, 1.807) is 30.0 Å². The standard InChI is InChI=1S/C17H18Cl2N2O3S/c1-4-6-21-16(25)20-13-10-7-9(18)8-11(19)14(10)24-17(21,3)12(13)15(22)23-5-2/h4,7-8,12-13H,1,5-6H2,2-3H3,(H,20,25)/t12-,13-,17-/m0/s1. The average molecular weight is 401 g/mol. The molecule has 0 amide bonds. The highest BCUT2D eigenvalue weighted by molar-refractivity contribution is 7.80. The summed E-state index contributed by atoms with van der Waals surface area (Å²) in [6.45, 7) is 8.02. The van der Waals surface area contributed by atoms with Gasteiger partial charge in [-0.1, -0.05) is 29.3 Å². The van der Waals surface area contributed by atoms with Crippen LogP contribution in [-0.2, 0) is 9.53 Å². The van der Waals surface area contributed by atoms with Crippen molar-refractivity contribution >= 4 is 46.5 Å². The number of carbonyl (C=O) groups excluding carboxylic acids is 1. The minimum Gasteiger partial charge on any atom is -0.466 e. The Morgan fingerprint density at radius 1 is 1.56 bits per heavy atom. The Morgan fingerprint density at radius 2 is 2.28 bits per heavy atom. The van der Waals surface area contributed by atoms with Gasteiger partial charge >= 0.3 is 5.97 Å². The van der Waals surface area contributed by atoms with E-state index in [-0.39, 0.29) is 12.6 Å². The normalized spacial score (nSPS) is 27.0. The number of nitrogens with one attached hydrogen (secondary N) is 1. The van der Waals surface area contributed by atoms with Crippen molar-refractivity contribution in [2.45, 2.75) is 25.6 Å². The highest BCUT2D eigenvalue weighted by Gasteiger charge is 2.59. The number of benzene rings is 1. The number of carbonyl (C=O) groups is 1. The second kappa shape index (κ2) is 6.67. The zero-order valence-corrected chi connectivity index (χ0v) is 16.2. The Labute approximate surface area is 161 Å². The Balaban J connectivity index is 2.20. The highest BCUT2D eigenvalue weighted by atomic mass is 35.5. The van der Waals surface area contributed by atoms with Crippen molar-refractivity contribution in [1.82, 2.24) is 10.2 Å². The van der Waals surface area contributed by atoms with Crippen LogP contribution in [0, 0.1) is 5.92 Å². The number of thiocarbonyl (C=S) groups is 1. The van der Waals surface area contributed by atoms with Gasteiger partial charge in [-0.2, -0.15) is 0 Å². The van der Waals surface area contributed by atoms with Crippen LogP contribution in [0.25, 0.3) is 0 Å². The number of hydrogen-bond donors (Lipinski definition) is 1. The molecule has 1 aromatic rings. The summed E-state index contributed by atoms with van der Waals surface area (Å²) in [5.41, 5.74) is -0.369. The third-order valence-electron chi connectivity index (χ3n) is 4.50. The first-order chi connectivity index (χ1) is 11.8. The quantitative estimate of drug-likeness (QED) is 0.472. The Morgan fingerprint density at radius 3 is 2.92 bits per heavy atom. The van der Waals surface area contributed by atoms with E-state index in [4.69, 9.17) is 44.9 Å². The first-order valence-electron chi connectivity index (χ1n) is 7.87. The highest BCUT2D eigenvalue weighted by Crippen LogP contribution is 2.51. The zero-order valence-electron chi connectivity index (χ0n) is 13.8. The smallest absolute Gasteiger partial charge is 0.317 e. The molecule has 0 aliphatic carbocycles. The van der Waals surface area contributed by atoms with Crippen LogP contribution >= 0.6 is 35.4 Å². The maximum atomic E-state index is 12.7. The number of hydrogen-bond acceptors (Lipinski definition) is 4. The maximum absolute atomic E-state index is 12.7. The average Bonchev–Trinajstić information content (AvgIpc) is 2.53. The van der Waals surface area contributed by atoms with Gasteiger partial charge in [0.2, 0.25) is 0 Å². The molecule has 2 bridgehead atoms. The van der Waals surface area contributed by atoms with E-state index in [2.05, 4.69) is 11.9 Å². The fourth-order valence-corrected chi connectivity index (χ4v) is 4.39. The van der Waals surface area contributed by atoms with Gasteiger partial charge in [0.15, 0.2) is 10.8 Å². The molecular weight excluding hydrogens is 383 g/mol. The lowest BCUT2D eigenvalue weighted by molar-refractivity contribution is -0.174. The molecule has 0 radical (unpaired) electrons. The molecule has 2 heterocycles. The first kappa shape index (κ1) is 18.3. The number of esters is 1. The molecule has 2 aliphatic heterocycles. The van der Waals surface area contributed by atoms with E-state index in [1.807, 2.05) is 6.92 Å². The van der Waals surface area contributed by atoms with E-state index in [0.717, 1.165) is 0 Å². The Hall–Kier alpha value is -1.50. The molecule has 5 nitrogen and oxygen atoms in total. The maximum Gasteiger partial charge on any atom is 0.317 e. The minimum absolute atomic E-state index is 0.271. The summed E-state index contributed by atoms with van der Waals surface area (Å²) in [5, 5.41) is 4.53. The van der Waals surface area contributed by atoms with Crippen LogP contribution in [0.5, 0.6) is 5.75 Å². The van der Waals surface area contributed by atoms with Crippen LogP contribution < -0.4 is 10.1 Å². The van der Waals surface area contributed by atoms with Crippen LogP contribution in [0.4, 0.5) is 0 Å². The van der Waals surface area contributed by atoms with E-state index < -0.39 is 17.7 Å². The number of nitrogens with zero attached hydrogens (tertiary/aromatic N) is 1. The van der Waals surface area contributed by atoms with Crippen molar-refractivity contribution < 1.29 is 14.3 Å². The molecule has 8 heteroatoms. The van der Waals surface area contributed by atoms with Crippen molar-refractivity contribution in [3.8, 4) is 5.75 Å². The van der Waals surface area contributed by atoms with Crippen molar-refractivity contribution in [2.75, 3.05) is 13.2 Å². The van der Waals surface area contributed by atoms with Gasteiger partial charge in [0.25, 0.3) is 0 Å². The molecule has 1 fully saturated rings. The van der Waals surface area contributed by atoms with Crippen molar-refractivity contribution in [3.05, 3.63) is 40.4 Å². The first-order valence-corrected chi connectivity index (χ1v) is 9.03. The van der Waals surface area contributed by atoms with Gasteiger partial charge in [-0.05, 0) is 38.2 Å². The second-order valence-electron chi connectivity index (χ2n) is 6.02. The van der Waals surface area contributed by atoms with Gasteiger partial charge in [0.05, 0.1) is 17.7 Å². The molecule has 1 aromatic carbocycles. The predicted octanol–water partition coefficient (Wildman–Crippen LogP) is 3.70. The lowest BCUT2D eigenvalue weighted by Gasteiger charge is -2.55. The number of fused-ring (bicyclic) bond motifs is 4. The molecule has 25 heavy (non-hydrogen) atoms. The lowest BCUT2D eigenvalue weighted by Crippen LogP contribution is -2.71. The van der Waals surface area contributed by atoms with Crippen molar-refractivity contribution in [1.29, 1.82) is 0 Å². The predicted molar refractivity (Wildman–Crippen MR) is 101 cm³/mol. The third-order valence-corrected chi connectivity index (χ3v) is 5.34. The summed E-state index contributed by atoms with van der Waals surface area (Å²) in [6.07, 6.45) is 1.70. The summed E-state index contributed by atoms with van der Waals surface area (Å²) in [7, 11) is 0. The van der Waals surface area contributed by atoms with E-state index in [1.165, 1.54) is 0 Å². The summed E-state index contributed by atoms with van der Waals surface area (Å²) < 4.78 is 11.6. The van der Waals surface area contributed by atoms with Gasteiger partial charge in [-0.25, -0.2) is 0 Å². The number of halogens is 2. The topological polar surface area (TPSA) is 50.8 Å². The van der Waals surface area contributed by atoms with E-state index >= 15 is 0 Å². The summed E-state index contributed by atoms with van der Waals surface area (Å²) in [4.78, 5) is 14.5. The van der Waals surface area contributed by atoms with Gasteiger partial charge in [-0.3, -0.25) is 4.79 Å². The molecule has 1 N–H and O–H groups in total. The largest absolute Gasteiger partial charge is 0.466 e. The molecule has 2 aliphatic rings. The molecule has 3 atom stereocenters. The molecule has 0 unspecified atom stereocenters. The van der Waals surface area contributed by atoms with Gasteiger partial charge in [0.1, 0.15) is 11.7 Å². The van der Waals surface area contributed by atoms with E-state index in [9.17, 15) is 4.79 Å². The summed E-state index contributed by atoms with van der Waals surface area (Å²) >= 11 is 18.0. The Kier molecular flexibility index (Phi) is 4.88. The fraction of sp³-hybridized carbons (Fsp3) is 0.412. The minimum atomic E-state index is -1.06. The van der Waals surface area contributed by atoms with Crippen LogP contribution in [0.2, 0.25) is 10.0 Å². The Bertz CT molecular complexity index is 758. The molecule has 3 rings (SSSR count). The molecular formula is C17H18Cl2N2O3S. The molecule has 1 saturated heterocycles. The van der Waals surface area contributed by atoms with Gasteiger partial charge in [0, 0.05) is 17.1 Å².